The van der Waals surface area contributed by atoms with E-state index in [9.17, 15) is 9.59 Å². The van der Waals surface area contributed by atoms with Gasteiger partial charge in [0.2, 0.25) is 5.82 Å². The predicted octanol–water partition coefficient (Wildman–Crippen LogP) is 0.270. The second-order valence-corrected chi connectivity index (χ2v) is 9.16. The molecule has 1 N–H and O–H groups in total. The Labute approximate surface area is 169 Å². The molecule has 2 aromatic rings. The Hall–Kier alpha value is -2.75. The molecule has 10 heteroatoms. The van der Waals surface area contributed by atoms with Crippen molar-refractivity contribution in [3.05, 3.63) is 29.6 Å². The average molecular weight is 400 g/mol. The number of nitrogens with one attached hydrogen (secondary N) is 1. The number of likely N-dealkylation sites (tertiary alicyclic amines) is 1. The Kier molecular flexibility index (Phi) is 4.49. The number of likely N-dealkylation sites (N-methyl/N-ethyl adjacent to an activating group) is 1. The van der Waals surface area contributed by atoms with Crippen molar-refractivity contribution in [1.29, 1.82) is 0 Å². The number of aromatic nitrogens is 5. The maximum absolute atomic E-state index is 12.9. The zero-order chi connectivity index (χ0) is 21.0. The smallest absolute Gasteiger partial charge is 0.289 e. The summed E-state index contributed by atoms with van der Waals surface area (Å²) in [5.41, 5.74) is -0.152. The molecule has 2 aliphatic heterocycles. The highest BCUT2D eigenvalue weighted by atomic mass is 16.2. The van der Waals surface area contributed by atoms with E-state index in [2.05, 4.69) is 25.5 Å². The molecule has 0 radical (unpaired) electrons. The lowest BCUT2D eigenvalue weighted by molar-refractivity contribution is 0.0564. The summed E-state index contributed by atoms with van der Waals surface area (Å²) in [6.07, 6.45) is 2.59. The number of carbonyl (C=O) groups excluding carboxylic acids is 2. The van der Waals surface area contributed by atoms with Gasteiger partial charge in [0, 0.05) is 38.4 Å². The molecular formula is C19H28N8O2. The molecule has 0 bridgehead atoms. The van der Waals surface area contributed by atoms with Crippen molar-refractivity contribution >= 4 is 11.8 Å². The number of hydrogen-bond acceptors (Lipinski definition) is 6. The lowest BCUT2D eigenvalue weighted by Crippen LogP contribution is -2.55. The van der Waals surface area contributed by atoms with Gasteiger partial charge >= 0.3 is 0 Å². The molecule has 1 saturated heterocycles. The van der Waals surface area contributed by atoms with Crippen LogP contribution in [0.25, 0.3) is 0 Å². The van der Waals surface area contributed by atoms with Gasteiger partial charge in [0.05, 0.1) is 12.1 Å². The topological polar surface area (TPSA) is 101 Å². The third-order valence-corrected chi connectivity index (χ3v) is 5.71. The van der Waals surface area contributed by atoms with Gasteiger partial charge in [0.25, 0.3) is 11.8 Å². The molecule has 2 amide bonds. The lowest BCUT2D eigenvalue weighted by Gasteiger charge is -2.42. The van der Waals surface area contributed by atoms with Crippen molar-refractivity contribution in [3.63, 3.8) is 0 Å². The highest BCUT2D eigenvalue weighted by molar-refractivity contribution is 5.92. The normalized spacial score (nSPS) is 22.2. The fourth-order valence-electron chi connectivity index (χ4n) is 4.14. The number of amides is 2. The van der Waals surface area contributed by atoms with Crippen molar-refractivity contribution in [2.45, 2.75) is 51.4 Å². The van der Waals surface area contributed by atoms with Crippen LogP contribution in [-0.2, 0) is 20.1 Å². The van der Waals surface area contributed by atoms with Gasteiger partial charge in [-0.3, -0.25) is 19.2 Å². The van der Waals surface area contributed by atoms with Crippen LogP contribution in [0.15, 0.2) is 12.3 Å². The third-order valence-electron chi connectivity index (χ3n) is 5.71. The van der Waals surface area contributed by atoms with Gasteiger partial charge < -0.3 is 14.8 Å². The van der Waals surface area contributed by atoms with Gasteiger partial charge in [0.15, 0.2) is 0 Å². The van der Waals surface area contributed by atoms with E-state index in [1.807, 2.05) is 37.3 Å². The van der Waals surface area contributed by atoms with Gasteiger partial charge in [-0.15, -0.1) is 10.2 Å². The summed E-state index contributed by atoms with van der Waals surface area (Å²) in [5.74, 6) is 0.815. The molecular weight excluding hydrogens is 372 g/mol. The fraction of sp³-hybridized carbons (Fsp3) is 0.632. The SMILES string of the molecule is CN1Cc2nnc(C(=O)NC(C)(C)C)n2CC12CCN(C(=O)c1ccn(C)n1)C2. The molecule has 2 aromatic heterocycles. The summed E-state index contributed by atoms with van der Waals surface area (Å²) < 4.78 is 3.55. The summed E-state index contributed by atoms with van der Waals surface area (Å²) in [6, 6.07) is 1.74. The first-order valence-corrected chi connectivity index (χ1v) is 9.83. The van der Waals surface area contributed by atoms with Crippen LogP contribution in [0.4, 0.5) is 0 Å². The van der Waals surface area contributed by atoms with Crippen molar-refractivity contribution in [2.24, 2.45) is 7.05 Å². The van der Waals surface area contributed by atoms with Crippen LogP contribution in [0.3, 0.4) is 0 Å². The Balaban J connectivity index is 1.56. The molecule has 4 rings (SSSR count). The third kappa shape index (κ3) is 3.52. The van der Waals surface area contributed by atoms with Crippen LogP contribution in [0.1, 0.15) is 54.1 Å². The Morgan fingerprint density at radius 3 is 2.59 bits per heavy atom. The minimum absolute atomic E-state index is 0.0591. The molecule has 2 aliphatic rings. The molecule has 0 aliphatic carbocycles. The van der Waals surface area contributed by atoms with E-state index in [1.54, 1.807) is 24.0 Å². The van der Waals surface area contributed by atoms with E-state index in [4.69, 9.17) is 0 Å². The van der Waals surface area contributed by atoms with Crippen LogP contribution < -0.4 is 5.32 Å². The summed E-state index contributed by atoms with van der Waals surface area (Å²) in [6.45, 7) is 8.20. The quantitative estimate of drug-likeness (QED) is 0.777. The zero-order valence-corrected chi connectivity index (χ0v) is 17.6. The molecule has 156 valence electrons. The van der Waals surface area contributed by atoms with Crippen molar-refractivity contribution < 1.29 is 9.59 Å². The van der Waals surface area contributed by atoms with Crippen LogP contribution in [0, 0.1) is 0 Å². The van der Waals surface area contributed by atoms with Crippen molar-refractivity contribution in [1.82, 2.24) is 39.7 Å². The van der Waals surface area contributed by atoms with E-state index in [1.165, 1.54) is 0 Å². The van der Waals surface area contributed by atoms with E-state index in [0.29, 0.717) is 37.7 Å². The summed E-state index contributed by atoms with van der Waals surface area (Å²) in [5, 5.41) is 15.6. The lowest BCUT2D eigenvalue weighted by atomic mass is 9.94. The molecule has 29 heavy (non-hydrogen) atoms. The van der Waals surface area contributed by atoms with Gasteiger partial charge in [-0.1, -0.05) is 0 Å². The van der Waals surface area contributed by atoms with Crippen LogP contribution in [0.5, 0.6) is 0 Å². The van der Waals surface area contributed by atoms with E-state index >= 15 is 0 Å². The van der Waals surface area contributed by atoms with Crippen molar-refractivity contribution in [3.8, 4) is 0 Å². The zero-order valence-electron chi connectivity index (χ0n) is 17.6. The average Bonchev–Trinajstić information content (AvgIpc) is 3.33. The monoisotopic (exact) mass is 400 g/mol. The van der Waals surface area contributed by atoms with Crippen LogP contribution in [0.2, 0.25) is 0 Å². The van der Waals surface area contributed by atoms with Gasteiger partial charge in [-0.2, -0.15) is 5.10 Å². The standard InChI is InChI=1S/C19H28N8O2/c1-18(2,3)20-16(28)15-22-21-14-10-24(4)19(12-27(14)15)7-9-26(11-19)17(29)13-6-8-25(5)23-13/h6,8H,7,9-12H2,1-5H3,(H,20,28). The molecule has 1 atom stereocenters. The second-order valence-electron chi connectivity index (χ2n) is 9.16. The van der Waals surface area contributed by atoms with E-state index in [0.717, 1.165) is 12.2 Å². The van der Waals surface area contributed by atoms with E-state index in [-0.39, 0.29) is 22.9 Å². The largest absolute Gasteiger partial charge is 0.345 e. The second kappa shape index (κ2) is 6.65. The number of hydrogen-bond donors (Lipinski definition) is 1. The predicted molar refractivity (Wildman–Crippen MR) is 105 cm³/mol. The maximum atomic E-state index is 12.9. The number of carbonyl (C=O) groups is 2. The number of fused-ring (bicyclic) bond motifs is 1. The molecule has 4 heterocycles. The maximum Gasteiger partial charge on any atom is 0.289 e. The molecule has 1 fully saturated rings. The highest BCUT2D eigenvalue weighted by Gasteiger charge is 2.47. The minimum atomic E-state index is -0.355. The molecule has 1 spiro atoms. The van der Waals surface area contributed by atoms with Gasteiger partial charge in [0.1, 0.15) is 11.5 Å². The van der Waals surface area contributed by atoms with E-state index < -0.39 is 0 Å². The van der Waals surface area contributed by atoms with Gasteiger partial charge in [-0.05, 0) is 40.3 Å². The molecule has 10 nitrogen and oxygen atoms in total. The van der Waals surface area contributed by atoms with Crippen molar-refractivity contribution in [2.75, 3.05) is 20.1 Å². The van der Waals surface area contributed by atoms with Crippen LogP contribution >= 0.6 is 0 Å². The Bertz CT molecular complexity index is 956. The number of rotatable bonds is 2. The molecule has 1 unspecified atom stereocenters. The number of aryl methyl sites for hydroxylation is 1. The summed E-state index contributed by atoms with van der Waals surface area (Å²) in [7, 11) is 3.84. The Morgan fingerprint density at radius 2 is 1.93 bits per heavy atom. The fourth-order valence-corrected chi connectivity index (χ4v) is 4.14. The first-order valence-electron chi connectivity index (χ1n) is 9.83. The summed E-state index contributed by atoms with van der Waals surface area (Å²) >= 11 is 0. The van der Waals surface area contributed by atoms with Crippen LogP contribution in [-0.4, -0.2) is 77.4 Å². The summed E-state index contributed by atoms with van der Waals surface area (Å²) in [4.78, 5) is 29.7. The first kappa shape index (κ1) is 19.6. The first-order chi connectivity index (χ1) is 13.6. The molecule has 0 saturated carbocycles. The minimum Gasteiger partial charge on any atom is -0.345 e. The number of nitrogens with zero attached hydrogens (tertiary/aromatic N) is 7. The van der Waals surface area contributed by atoms with Gasteiger partial charge in [-0.25, -0.2) is 0 Å². The molecule has 0 aromatic carbocycles. The Morgan fingerprint density at radius 1 is 1.17 bits per heavy atom. The highest BCUT2D eigenvalue weighted by Crippen LogP contribution is 2.34.